The molecule has 2 heterocycles. The molecule has 0 aliphatic carbocycles. The van der Waals surface area contributed by atoms with E-state index in [-0.39, 0.29) is 0 Å². The maximum absolute atomic E-state index is 5.73. The molecule has 0 radical (unpaired) electrons. The quantitative estimate of drug-likeness (QED) is 0.878. The summed E-state index contributed by atoms with van der Waals surface area (Å²) in [6, 6.07) is 15.3. The second-order valence-corrected chi connectivity index (χ2v) is 5.80. The van der Waals surface area contributed by atoms with Crippen LogP contribution in [-0.2, 0) is 6.42 Å². The fourth-order valence-electron chi connectivity index (χ4n) is 3.08. The Hall–Kier alpha value is -1.75. The van der Waals surface area contributed by atoms with Crippen LogP contribution in [0.15, 0.2) is 48.7 Å². The van der Waals surface area contributed by atoms with Gasteiger partial charge >= 0.3 is 0 Å². The summed E-state index contributed by atoms with van der Waals surface area (Å²) >= 11 is 0. The third-order valence-corrected chi connectivity index (χ3v) is 4.27. The van der Waals surface area contributed by atoms with Crippen molar-refractivity contribution in [1.29, 1.82) is 0 Å². The lowest BCUT2D eigenvalue weighted by Gasteiger charge is -2.36. The molecule has 1 fully saturated rings. The predicted octanol–water partition coefficient (Wildman–Crippen LogP) is 1.52. The van der Waals surface area contributed by atoms with Crippen LogP contribution in [0.3, 0.4) is 0 Å². The Labute approximate surface area is 132 Å². The first-order chi connectivity index (χ1) is 10.9. The van der Waals surface area contributed by atoms with Gasteiger partial charge in [0.15, 0.2) is 0 Å². The fraction of sp³-hybridized carbons (Fsp3) is 0.389. The SMILES string of the molecule is NCCN1CCNCC1Cc1ccc(-c2ccccn2)cc1. The molecule has 0 spiro atoms. The van der Waals surface area contributed by atoms with Gasteiger partial charge in [-0.2, -0.15) is 0 Å². The molecule has 1 aromatic heterocycles. The van der Waals surface area contributed by atoms with Gasteiger partial charge in [-0.3, -0.25) is 9.88 Å². The molecule has 0 amide bonds. The molecule has 0 bridgehead atoms. The average Bonchev–Trinajstić information content (AvgIpc) is 2.58. The van der Waals surface area contributed by atoms with E-state index in [0.717, 1.165) is 44.8 Å². The zero-order valence-corrected chi connectivity index (χ0v) is 12.9. The van der Waals surface area contributed by atoms with Crippen molar-refractivity contribution in [3.63, 3.8) is 0 Å². The number of nitrogens with two attached hydrogens (primary N) is 1. The molecular formula is C18H24N4. The van der Waals surface area contributed by atoms with Crippen molar-refractivity contribution < 1.29 is 0 Å². The molecule has 2 aromatic rings. The predicted molar refractivity (Wildman–Crippen MR) is 90.7 cm³/mol. The van der Waals surface area contributed by atoms with Gasteiger partial charge in [0.05, 0.1) is 5.69 Å². The van der Waals surface area contributed by atoms with Crippen LogP contribution in [-0.4, -0.2) is 48.6 Å². The van der Waals surface area contributed by atoms with Crippen molar-refractivity contribution in [3.8, 4) is 11.3 Å². The number of piperazine rings is 1. The first-order valence-electron chi connectivity index (χ1n) is 8.02. The van der Waals surface area contributed by atoms with E-state index in [9.17, 15) is 0 Å². The van der Waals surface area contributed by atoms with Gasteiger partial charge in [0, 0.05) is 50.5 Å². The van der Waals surface area contributed by atoms with Gasteiger partial charge in [-0.25, -0.2) is 0 Å². The summed E-state index contributed by atoms with van der Waals surface area (Å²) in [7, 11) is 0. The van der Waals surface area contributed by atoms with E-state index >= 15 is 0 Å². The maximum atomic E-state index is 5.73. The number of aromatic nitrogens is 1. The Morgan fingerprint density at radius 3 is 2.77 bits per heavy atom. The van der Waals surface area contributed by atoms with Crippen LogP contribution >= 0.6 is 0 Å². The van der Waals surface area contributed by atoms with Crippen LogP contribution < -0.4 is 11.1 Å². The number of hydrogen-bond donors (Lipinski definition) is 2. The first-order valence-corrected chi connectivity index (χ1v) is 8.02. The van der Waals surface area contributed by atoms with Gasteiger partial charge in [0.25, 0.3) is 0 Å². The number of rotatable bonds is 5. The Morgan fingerprint density at radius 2 is 2.05 bits per heavy atom. The van der Waals surface area contributed by atoms with E-state index in [2.05, 4.69) is 39.5 Å². The highest BCUT2D eigenvalue weighted by atomic mass is 15.2. The third-order valence-electron chi connectivity index (χ3n) is 4.27. The minimum absolute atomic E-state index is 0.540. The van der Waals surface area contributed by atoms with E-state index in [1.807, 2.05) is 24.4 Å². The Kier molecular flexibility index (Phi) is 5.16. The average molecular weight is 296 g/mol. The summed E-state index contributed by atoms with van der Waals surface area (Å²) in [6.45, 7) is 4.92. The van der Waals surface area contributed by atoms with Crippen molar-refractivity contribution in [2.75, 3.05) is 32.7 Å². The minimum Gasteiger partial charge on any atom is -0.329 e. The molecule has 4 nitrogen and oxygen atoms in total. The van der Waals surface area contributed by atoms with Gasteiger partial charge in [-0.05, 0) is 24.1 Å². The summed E-state index contributed by atoms with van der Waals surface area (Å²) in [5.41, 5.74) is 9.30. The van der Waals surface area contributed by atoms with Crippen LogP contribution in [0.4, 0.5) is 0 Å². The molecule has 1 saturated heterocycles. The molecule has 1 aliphatic rings. The molecule has 1 aliphatic heterocycles. The van der Waals surface area contributed by atoms with E-state index in [4.69, 9.17) is 5.73 Å². The van der Waals surface area contributed by atoms with Crippen LogP contribution in [0.25, 0.3) is 11.3 Å². The summed E-state index contributed by atoms with van der Waals surface area (Å²) in [5.74, 6) is 0. The van der Waals surface area contributed by atoms with Gasteiger partial charge in [-0.15, -0.1) is 0 Å². The Morgan fingerprint density at radius 1 is 1.18 bits per heavy atom. The summed E-state index contributed by atoms with van der Waals surface area (Å²) in [4.78, 5) is 6.90. The lowest BCUT2D eigenvalue weighted by Crippen LogP contribution is -2.53. The molecule has 22 heavy (non-hydrogen) atoms. The molecule has 4 heteroatoms. The minimum atomic E-state index is 0.540. The van der Waals surface area contributed by atoms with E-state index in [1.165, 1.54) is 11.1 Å². The summed E-state index contributed by atoms with van der Waals surface area (Å²) in [5, 5.41) is 3.49. The molecule has 3 N–H and O–H groups in total. The zero-order chi connectivity index (χ0) is 15.2. The Bertz CT molecular complexity index is 565. The molecule has 116 valence electrons. The number of nitrogens with zero attached hydrogens (tertiary/aromatic N) is 2. The molecule has 3 rings (SSSR count). The standard InChI is InChI=1S/C18H24N4/c19-8-11-22-12-10-20-14-17(22)13-15-4-6-16(7-5-15)18-3-1-2-9-21-18/h1-7,9,17,20H,8,10-14,19H2. The number of pyridine rings is 1. The lowest BCUT2D eigenvalue weighted by molar-refractivity contribution is 0.165. The van der Waals surface area contributed by atoms with Crippen molar-refractivity contribution in [2.45, 2.75) is 12.5 Å². The van der Waals surface area contributed by atoms with Gasteiger partial charge in [0.2, 0.25) is 0 Å². The smallest absolute Gasteiger partial charge is 0.0701 e. The van der Waals surface area contributed by atoms with E-state index in [1.54, 1.807) is 0 Å². The number of hydrogen-bond acceptors (Lipinski definition) is 4. The normalized spacial score (nSPS) is 19.2. The van der Waals surface area contributed by atoms with Crippen molar-refractivity contribution in [1.82, 2.24) is 15.2 Å². The van der Waals surface area contributed by atoms with Crippen LogP contribution in [0.2, 0.25) is 0 Å². The number of nitrogens with one attached hydrogen (secondary N) is 1. The highest BCUT2D eigenvalue weighted by Gasteiger charge is 2.21. The lowest BCUT2D eigenvalue weighted by atomic mass is 10.0. The third kappa shape index (κ3) is 3.71. The monoisotopic (exact) mass is 296 g/mol. The maximum Gasteiger partial charge on any atom is 0.0701 e. The second-order valence-electron chi connectivity index (χ2n) is 5.80. The van der Waals surface area contributed by atoms with Crippen LogP contribution in [0.5, 0.6) is 0 Å². The van der Waals surface area contributed by atoms with Crippen molar-refractivity contribution in [3.05, 3.63) is 54.2 Å². The molecule has 1 aromatic carbocycles. The van der Waals surface area contributed by atoms with Gasteiger partial charge < -0.3 is 11.1 Å². The number of benzene rings is 1. The first kappa shape index (κ1) is 15.2. The van der Waals surface area contributed by atoms with E-state index < -0.39 is 0 Å². The molecule has 0 saturated carbocycles. The molecule has 1 unspecified atom stereocenters. The zero-order valence-electron chi connectivity index (χ0n) is 12.9. The van der Waals surface area contributed by atoms with Crippen LogP contribution in [0.1, 0.15) is 5.56 Å². The molecular weight excluding hydrogens is 272 g/mol. The Balaban J connectivity index is 1.68. The topological polar surface area (TPSA) is 54.2 Å². The van der Waals surface area contributed by atoms with E-state index in [0.29, 0.717) is 6.04 Å². The second kappa shape index (κ2) is 7.49. The summed E-state index contributed by atoms with van der Waals surface area (Å²) in [6.07, 6.45) is 2.90. The fourth-order valence-corrected chi connectivity index (χ4v) is 3.08. The largest absolute Gasteiger partial charge is 0.329 e. The molecule has 1 atom stereocenters. The van der Waals surface area contributed by atoms with Gasteiger partial charge in [0.1, 0.15) is 0 Å². The summed E-state index contributed by atoms with van der Waals surface area (Å²) < 4.78 is 0. The van der Waals surface area contributed by atoms with Crippen LogP contribution in [0, 0.1) is 0 Å². The van der Waals surface area contributed by atoms with Gasteiger partial charge in [-0.1, -0.05) is 30.3 Å². The van der Waals surface area contributed by atoms with Crippen molar-refractivity contribution >= 4 is 0 Å². The highest BCUT2D eigenvalue weighted by Crippen LogP contribution is 2.18. The van der Waals surface area contributed by atoms with Crippen molar-refractivity contribution in [2.24, 2.45) is 5.73 Å². The highest BCUT2D eigenvalue weighted by molar-refractivity contribution is 5.59.